The van der Waals surface area contributed by atoms with Crippen LogP contribution in [0.5, 0.6) is 0 Å². The Morgan fingerprint density at radius 3 is 2.67 bits per heavy atom. The predicted octanol–water partition coefficient (Wildman–Crippen LogP) is 2.69. The van der Waals surface area contributed by atoms with E-state index >= 15 is 0 Å². The molecule has 1 aliphatic heterocycles. The smallest absolute Gasteiger partial charge is 0.137 e. The van der Waals surface area contributed by atoms with Crippen molar-refractivity contribution in [3.05, 3.63) is 11.4 Å². The summed E-state index contributed by atoms with van der Waals surface area (Å²) in [6.45, 7) is 12.7. The summed E-state index contributed by atoms with van der Waals surface area (Å²) < 4.78 is 0. The van der Waals surface area contributed by atoms with E-state index in [0.717, 1.165) is 49.0 Å². The van der Waals surface area contributed by atoms with E-state index in [1.165, 1.54) is 0 Å². The quantitative estimate of drug-likeness (QED) is 0.893. The van der Waals surface area contributed by atoms with Crippen molar-refractivity contribution in [3.63, 3.8) is 0 Å². The zero-order chi connectivity index (χ0) is 15.6. The maximum Gasteiger partial charge on any atom is 0.137 e. The number of hydrogen-bond acceptors (Lipinski definition) is 5. The van der Waals surface area contributed by atoms with E-state index in [2.05, 4.69) is 42.9 Å². The van der Waals surface area contributed by atoms with Gasteiger partial charge in [-0.15, -0.1) is 0 Å². The predicted molar refractivity (Wildman–Crippen MR) is 87.1 cm³/mol. The van der Waals surface area contributed by atoms with Gasteiger partial charge in [-0.3, -0.25) is 0 Å². The molecule has 2 heterocycles. The molecule has 0 saturated carbocycles. The van der Waals surface area contributed by atoms with Crippen LogP contribution in [0.25, 0.3) is 0 Å². The van der Waals surface area contributed by atoms with Crippen LogP contribution in [0.15, 0.2) is 0 Å². The normalized spacial score (nSPS) is 22.7. The topological polar surface area (TPSA) is 61.3 Å². The molecule has 2 N–H and O–H groups in total. The Kier molecular flexibility index (Phi) is 4.71. The molecule has 1 saturated heterocycles. The molecule has 0 aromatic carbocycles. The van der Waals surface area contributed by atoms with E-state index in [1.54, 1.807) is 0 Å². The van der Waals surface area contributed by atoms with Gasteiger partial charge in [-0.25, -0.2) is 9.97 Å². The minimum absolute atomic E-state index is 0.284. The Hall–Kier alpha value is -1.36. The molecular weight excluding hydrogens is 264 g/mol. The molecule has 0 amide bonds. The van der Waals surface area contributed by atoms with Gasteiger partial charge in [-0.2, -0.15) is 0 Å². The average molecular weight is 292 g/mol. The molecule has 5 heteroatoms. The lowest BCUT2D eigenvalue weighted by molar-refractivity contribution is 0.0446. The van der Waals surface area contributed by atoms with Crippen molar-refractivity contribution in [2.75, 3.05) is 29.9 Å². The molecule has 1 aromatic rings. The van der Waals surface area contributed by atoms with Gasteiger partial charge in [0.05, 0.1) is 5.60 Å². The summed E-state index contributed by atoms with van der Waals surface area (Å²) in [4.78, 5) is 11.6. The SMILES string of the molecule is CCNc1nc(C(C)C)nc(N2CCCC(C)(O)C2)c1C. The Balaban J connectivity index is 2.41. The van der Waals surface area contributed by atoms with Gasteiger partial charge in [-0.1, -0.05) is 13.8 Å². The van der Waals surface area contributed by atoms with Gasteiger partial charge < -0.3 is 15.3 Å². The zero-order valence-electron chi connectivity index (χ0n) is 13.9. The minimum Gasteiger partial charge on any atom is -0.388 e. The number of hydrogen-bond donors (Lipinski definition) is 2. The fourth-order valence-electron chi connectivity index (χ4n) is 2.83. The van der Waals surface area contributed by atoms with Crippen molar-refractivity contribution in [3.8, 4) is 0 Å². The van der Waals surface area contributed by atoms with E-state index in [1.807, 2.05) is 6.92 Å². The van der Waals surface area contributed by atoms with E-state index in [9.17, 15) is 5.11 Å². The number of rotatable bonds is 4. The summed E-state index contributed by atoms with van der Waals surface area (Å²) in [6, 6.07) is 0. The van der Waals surface area contributed by atoms with Crippen LogP contribution in [0, 0.1) is 6.92 Å². The zero-order valence-corrected chi connectivity index (χ0v) is 13.9. The molecule has 0 aliphatic carbocycles. The molecular formula is C16H28N4O. The Bertz CT molecular complexity index is 499. The lowest BCUT2D eigenvalue weighted by Gasteiger charge is -2.38. The number of aliphatic hydroxyl groups is 1. The maximum atomic E-state index is 10.3. The fourth-order valence-corrected chi connectivity index (χ4v) is 2.83. The van der Waals surface area contributed by atoms with Crippen LogP contribution in [0.1, 0.15) is 57.8 Å². The first-order chi connectivity index (χ1) is 9.84. The minimum atomic E-state index is -0.633. The Labute approximate surface area is 127 Å². The van der Waals surface area contributed by atoms with Crippen LogP contribution in [0.2, 0.25) is 0 Å². The van der Waals surface area contributed by atoms with Crippen LogP contribution in [-0.2, 0) is 0 Å². The van der Waals surface area contributed by atoms with Crippen molar-refractivity contribution < 1.29 is 5.11 Å². The fraction of sp³-hybridized carbons (Fsp3) is 0.750. The monoisotopic (exact) mass is 292 g/mol. The molecule has 1 atom stereocenters. The van der Waals surface area contributed by atoms with Crippen LogP contribution < -0.4 is 10.2 Å². The van der Waals surface area contributed by atoms with Crippen LogP contribution in [-0.4, -0.2) is 40.3 Å². The molecule has 2 rings (SSSR count). The maximum absolute atomic E-state index is 10.3. The Morgan fingerprint density at radius 2 is 2.10 bits per heavy atom. The largest absolute Gasteiger partial charge is 0.388 e. The van der Waals surface area contributed by atoms with E-state index in [0.29, 0.717) is 6.54 Å². The van der Waals surface area contributed by atoms with Gasteiger partial charge in [0.2, 0.25) is 0 Å². The van der Waals surface area contributed by atoms with Gasteiger partial charge in [0.15, 0.2) is 0 Å². The van der Waals surface area contributed by atoms with E-state index < -0.39 is 5.60 Å². The summed E-state index contributed by atoms with van der Waals surface area (Å²) in [5.74, 6) is 3.02. The highest BCUT2D eigenvalue weighted by Crippen LogP contribution is 2.30. The first kappa shape index (κ1) is 16.0. The van der Waals surface area contributed by atoms with Crippen molar-refractivity contribution >= 4 is 11.6 Å². The third-order valence-corrected chi connectivity index (χ3v) is 3.97. The molecule has 1 aliphatic rings. The molecule has 1 aromatic heterocycles. The first-order valence-corrected chi connectivity index (χ1v) is 7.94. The lowest BCUT2D eigenvalue weighted by Crippen LogP contribution is -2.46. The summed E-state index contributed by atoms with van der Waals surface area (Å²) >= 11 is 0. The molecule has 0 radical (unpaired) electrons. The third kappa shape index (κ3) is 3.64. The Morgan fingerprint density at radius 1 is 1.38 bits per heavy atom. The van der Waals surface area contributed by atoms with E-state index in [4.69, 9.17) is 4.98 Å². The first-order valence-electron chi connectivity index (χ1n) is 7.94. The number of piperidine rings is 1. The number of nitrogens with one attached hydrogen (secondary N) is 1. The lowest BCUT2D eigenvalue weighted by atomic mass is 9.95. The summed E-state index contributed by atoms with van der Waals surface area (Å²) in [6.07, 6.45) is 1.84. The molecule has 0 bridgehead atoms. The summed E-state index contributed by atoms with van der Waals surface area (Å²) in [5.41, 5.74) is 0.436. The number of aromatic nitrogens is 2. The van der Waals surface area contributed by atoms with Gasteiger partial charge in [0.25, 0.3) is 0 Å². The van der Waals surface area contributed by atoms with Gasteiger partial charge in [-0.05, 0) is 33.6 Å². The van der Waals surface area contributed by atoms with Gasteiger partial charge in [0, 0.05) is 31.1 Å². The molecule has 0 spiro atoms. The molecule has 5 nitrogen and oxygen atoms in total. The highest BCUT2D eigenvalue weighted by atomic mass is 16.3. The molecule has 21 heavy (non-hydrogen) atoms. The highest BCUT2D eigenvalue weighted by molar-refractivity contribution is 5.59. The standard InChI is InChI=1S/C16H28N4O/c1-6-17-14-12(4)15(19-13(18-14)11(2)3)20-9-7-8-16(5,21)10-20/h11,21H,6-10H2,1-5H3,(H,17,18,19). The second kappa shape index (κ2) is 6.18. The number of anilines is 2. The highest BCUT2D eigenvalue weighted by Gasteiger charge is 2.30. The van der Waals surface area contributed by atoms with E-state index in [-0.39, 0.29) is 5.92 Å². The van der Waals surface area contributed by atoms with Crippen LogP contribution >= 0.6 is 0 Å². The number of nitrogens with zero attached hydrogens (tertiary/aromatic N) is 3. The van der Waals surface area contributed by atoms with Crippen molar-refractivity contribution in [1.29, 1.82) is 0 Å². The summed E-state index contributed by atoms with van der Waals surface area (Å²) in [5, 5.41) is 13.7. The molecule has 118 valence electrons. The number of β-amino-alcohol motifs (C(OH)–C–C–N with tert-alkyl or cyclic N) is 1. The second-order valence-electron chi connectivity index (χ2n) is 6.59. The van der Waals surface area contributed by atoms with Crippen molar-refractivity contribution in [2.45, 2.75) is 59.0 Å². The van der Waals surface area contributed by atoms with Crippen molar-refractivity contribution in [1.82, 2.24) is 9.97 Å². The van der Waals surface area contributed by atoms with Crippen LogP contribution in [0.4, 0.5) is 11.6 Å². The molecule has 1 fully saturated rings. The second-order valence-corrected chi connectivity index (χ2v) is 6.59. The van der Waals surface area contributed by atoms with Gasteiger partial charge >= 0.3 is 0 Å². The van der Waals surface area contributed by atoms with Crippen LogP contribution in [0.3, 0.4) is 0 Å². The van der Waals surface area contributed by atoms with Gasteiger partial charge in [0.1, 0.15) is 17.5 Å². The summed E-state index contributed by atoms with van der Waals surface area (Å²) in [7, 11) is 0. The molecule has 1 unspecified atom stereocenters. The average Bonchev–Trinajstić information content (AvgIpc) is 2.39. The third-order valence-electron chi connectivity index (χ3n) is 3.97. The van der Waals surface area contributed by atoms with Crippen molar-refractivity contribution in [2.24, 2.45) is 0 Å².